The second kappa shape index (κ2) is 6.10. The summed E-state index contributed by atoms with van der Waals surface area (Å²) in [5.41, 5.74) is 0.257. The summed E-state index contributed by atoms with van der Waals surface area (Å²) in [6.45, 7) is 2.88. The second-order valence-electron chi connectivity index (χ2n) is 4.73. The van der Waals surface area contributed by atoms with Crippen molar-refractivity contribution < 1.29 is 13.2 Å². The van der Waals surface area contributed by atoms with Gasteiger partial charge in [-0.15, -0.1) is 0 Å². The molecular weight excluding hydrogens is 300 g/mol. The zero-order valence-electron chi connectivity index (χ0n) is 11.0. The van der Waals surface area contributed by atoms with Crippen molar-refractivity contribution in [2.45, 2.75) is 24.3 Å². The number of ether oxygens (including phenoxy) is 1. The highest BCUT2D eigenvalue weighted by molar-refractivity contribution is 7.89. The van der Waals surface area contributed by atoms with E-state index in [0.29, 0.717) is 13.2 Å². The summed E-state index contributed by atoms with van der Waals surface area (Å²) in [5, 5.41) is 8.93. The molecule has 1 heterocycles. The van der Waals surface area contributed by atoms with Crippen LogP contribution in [0.5, 0.6) is 0 Å². The summed E-state index contributed by atoms with van der Waals surface area (Å²) in [6, 6.07) is 6.07. The van der Waals surface area contributed by atoms with E-state index in [9.17, 15) is 8.42 Å². The maximum atomic E-state index is 12.2. The predicted octanol–water partition coefficient (Wildman–Crippen LogP) is 1.91. The molecule has 0 aliphatic carbocycles. The third kappa shape index (κ3) is 3.30. The van der Waals surface area contributed by atoms with Crippen LogP contribution in [0.15, 0.2) is 23.1 Å². The Morgan fingerprint density at radius 3 is 2.90 bits per heavy atom. The van der Waals surface area contributed by atoms with Crippen molar-refractivity contribution in [3.05, 3.63) is 28.8 Å². The lowest BCUT2D eigenvalue weighted by molar-refractivity contribution is 0.107. The van der Waals surface area contributed by atoms with Crippen LogP contribution in [0.1, 0.15) is 18.9 Å². The molecule has 0 bridgehead atoms. The van der Waals surface area contributed by atoms with Crippen LogP contribution in [-0.4, -0.2) is 27.7 Å². The van der Waals surface area contributed by atoms with Gasteiger partial charge in [0.05, 0.1) is 22.8 Å². The number of benzene rings is 1. The Morgan fingerprint density at radius 2 is 2.30 bits per heavy atom. The van der Waals surface area contributed by atoms with Gasteiger partial charge in [0.15, 0.2) is 0 Å². The lowest BCUT2D eigenvalue weighted by atomic mass is 10.0. The zero-order chi connectivity index (χ0) is 14.8. The Hall–Kier alpha value is -1.13. The van der Waals surface area contributed by atoms with E-state index >= 15 is 0 Å². The third-order valence-electron chi connectivity index (χ3n) is 3.42. The van der Waals surface area contributed by atoms with E-state index in [1.54, 1.807) is 0 Å². The fourth-order valence-electron chi connectivity index (χ4n) is 2.12. The lowest BCUT2D eigenvalue weighted by Crippen LogP contribution is -2.32. The van der Waals surface area contributed by atoms with Gasteiger partial charge in [-0.2, -0.15) is 5.26 Å². The number of sulfonamides is 1. The van der Waals surface area contributed by atoms with E-state index in [-0.39, 0.29) is 27.5 Å². The summed E-state index contributed by atoms with van der Waals surface area (Å²) >= 11 is 5.91. The van der Waals surface area contributed by atoms with Gasteiger partial charge in [-0.05, 0) is 31.5 Å². The van der Waals surface area contributed by atoms with Crippen LogP contribution < -0.4 is 4.72 Å². The molecule has 1 saturated heterocycles. The van der Waals surface area contributed by atoms with Gasteiger partial charge in [0, 0.05) is 19.1 Å². The van der Waals surface area contributed by atoms with Crippen LogP contribution in [0, 0.1) is 17.2 Å². The highest BCUT2D eigenvalue weighted by atomic mass is 35.5. The van der Waals surface area contributed by atoms with Crippen LogP contribution in [0.4, 0.5) is 0 Å². The molecule has 1 N–H and O–H groups in total. The van der Waals surface area contributed by atoms with Crippen LogP contribution in [-0.2, 0) is 14.8 Å². The molecule has 1 fully saturated rings. The topological polar surface area (TPSA) is 79.2 Å². The van der Waals surface area contributed by atoms with E-state index in [4.69, 9.17) is 21.6 Å². The van der Waals surface area contributed by atoms with Crippen LogP contribution >= 0.6 is 11.6 Å². The largest absolute Gasteiger partial charge is 0.378 e. The van der Waals surface area contributed by atoms with Crippen LogP contribution in [0.2, 0.25) is 5.02 Å². The molecule has 1 aliphatic rings. The highest BCUT2D eigenvalue weighted by Gasteiger charge is 2.27. The molecule has 0 aromatic heterocycles. The van der Waals surface area contributed by atoms with E-state index in [1.807, 2.05) is 13.0 Å². The normalized spacial score (nSPS) is 22.6. The van der Waals surface area contributed by atoms with Crippen molar-refractivity contribution in [3.63, 3.8) is 0 Å². The van der Waals surface area contributed by atoms with Crippen molar-refractivity contribution in [2.75, 3.05) is 13.2 Å². The minimum Gasteiger partial charge on any atom is -0.378 e. The van der Waals surface area contributed by atoms with Crippen molar-refractivity contribution >= 4 is 21.6 Å². The summed E-state index contributed by atoms with van der Waals surface area (Å²) in [7, 11) is -3.72. The van der Waals surface area contributed by atoms with Crippen LogP contribution in [0.25, 0.3) is 0 Å². The van der Waals surface area contributed by atoms with E-state index in [1.165, 1.54) is 18.2 Å². The van der Waals surface area contributed by atoms with Crippen molar-refractivity contribution in [1.82, 2.24) is 4.72 Å². The smallest absolute Gasteiger partial charge is 0.242 e. The fraction of sp³-hybridized carbons (Fsp3) is 0.462. The van der Waals surface area contributed by atoms with Gasteiger partial charge >= 0.3 is 0 Å². The number of hydrogen-bond acceptors (Lipinski definition) is 4. The van der Waals surface area contributed by atoms with Crippen molar-refractivity contribution in [1.29, 1.82) is 5.26 Å². The minimum absolute atomic E-state index is 0.0404. The first-order chi connectivity index (χ1) is 9.44. The molecule has 0 radical (unpaired) electrons. The first kappa shape index (κ1) is 15.3. The number of halogens is 1. The quantitative estimate of drug-likeness (QED) is 0.920. The summed E-state index contributed by atoms with van der Waals surface area (Å²) in [4.78, 5) is -0.0650. The number of rotatable bonds is 4. The average Bonchev–Trinajstić information content (AvgIpc) is 2.82. The number of nitrogens with zero attached hydrogens (tertiary/aromatic N) is 1. The standard InChI is InChI=1S/C13H15ClN2O3S/c1-9-11(4-5-19-9)8-16-20(17,18)13-6-10(7-15)2-3-12(13)14/h2-3,6,9,11,16H,4-5,8H2,1H3. The molecule has 2 unspecified atom stereocenters. The molecule has 0 amide bonds. The molecule has 108 valence electrons. The molecule has 5 nitrogen and oxygen atoms in total. The molecule has 0 saturated carbocycles. The molecule has 0 spiro atoms. The third-order valence-corrected chi connectivity index (χ3v) is 5.32. The SMILES string of the molecule is CC1OCCC1CNS(=O)(=O)c1cc(C#N)ccc1Cl. The molecule has 1 aliphatic heterocycles. The molecule has 1 aromatic carbocycles. The Kier molecular flexibility index (Phi) is 4.66. The highest BCUT2D eigenvalue weighted by Crippen LogP contribution is 2.24. The number of nitriles is 1. The first-order valence-corrected chi connectivity index (χ1v) is 8.11. The van der Waals surface area contributed by atoms with E-state index in [0.717, 1.165) is 6.42 Å². The summed E-state index contributed by atoms with van der Waals surface area (Å²) < 4.78 is 32.4. The van der Waals surface area contributed by atoms with Gasteiger partial charge in [0.1, 0.15) is 4.90 Å². The van der Waals surface area contributed by atoms with E-state index in [2.05, 4.69) is 4.72 Å². The summed E-state index contributed by atoms with van der Waals surface area (Å²) in [6.07, 6.45) is 0.869. The van der Waals surface area contributed by atoms with Gasteiger partial charge in [0.2, 0.25) is 10.0 Å². The monoisotopic (exact) mass is 314 g/mol. The molecule has 2 rings (SSSR count). The van der Waals surface area contributed by atoms with Gasteiger partial charge in [-0.25, -0.2) is 13.1 Å². The van der Waals surface area contributed by atoms with Gasteiger partial charge in [-0.3, -0.25) is 0 Å². The Morgan fingerprint density at radius 1 is 1.55 bits per heavy atom. The zero-order valence-corrected chi connectivity index (χ0v) is 12.5. The molecule has 20 heavy (non-hydrogen) atoms. The van der Waals surface area contributed by atoms with Crippen molar-refractivity contribution in [2.24, 2.45) is 5.92 Å². The molecular formula is C13H15ClN2O3S. The Balaban J connectivity index is 2.16. The number of nitrogens with one attached hydrogen (secondary N) is 1. The Labute approximate surface area is 123 Å². The second-order valence-corrected chi connectivity index (χ2v) is 6.88. The molecule has 2 atom stereocenters. The average molecular weight is 315 g/mol. The molecule has 1 aromatic rings. The van der Waals surface area contributed by atoms with Crippen LogP contribution in [0.3, 0.4) is 0 Å². The summed E-state index contributed by atoms with van der Waals surface area (Å²) in [5.74, 6) is 0.155. The van der Waals surface area contributed by atoms with E-state index < -0.39 is 10.0 Å². The molecule has 7 heteroatoms. The minimum atomic E-state index is -3.72. The number of hydrogen-bond donors (Lipinski definition) is 1. The predicted molar refractivity (Wildman–Crippen MR) is 74.9 cm³/mol. The maximum absolute atomic E-state index is 12.2. The van der Waals surface area contributed by atoms with Crippen molar-refractivity contribution in [3.8, 4) is 6.07 Å². The van der Waals surface area contributed by atoms with Gasteiger partial charge in [-0.1, -0.05) is 11.6 Å². The van der Waals surface area contributed by atoms with Gasteiger partial charge in [0.25, 0.3) is 0 Å². The van der Waals surface area contributed by atoms with Gasteiger partial charge < -0.3 is 4.74 Å². The maximum Gasteiger partial charge on any atom is 0.242 e. The Bertz CT molecular complexity index is 640. The first-order valence-electron chi connectivity index (χ1n) is 6.25. The lowest BCUT2D eigenvalue weighted by Gasteiger charge is -2.15. The fourth-order valence-corrected chi connectivity index (χ4v) is 3.74.